The Bertz CT molecular complexity index is 632. The molecule has 1 atom stereocenters. The Labute approximate surface area is 118 Å². The van der Waals surface area contributed by atoms with Crippen LogP contribution in [0.4, 0.5) is 0 Å². The van der Waals surface area contributed by atoms with Crippen molar-refractivity contribution < 1.29 is 0 Å². The van der Waals surface area contributed by atoms with E-state index in [1.165, 1.54) is 5.56 Å². The molecular formula is C16H16N4. The molecule has 3 N–H and O–H groups in total. The topological polar surface area (TPSA) is 63.3 Å². The smallest absolute Gasteiger partial charge is 0.114 e. The molecule has 0 saturated heterocycles. The molecule has 2 heterocycles. The molecule has 1 aliphatic rings. The second-order valence-electron chi connectivity index (χ2n) is 4.68. The number of hydrogen-bond acceptors (Lipinski definition) is 4. The van der Waals surface area contributed by atoms with Gasteiger partial charge in [-0.1, -0.05) is 30.3 Å². The first-order chi connectivity index (χ1) is 9.83. The lowest BCUT2D eigenvalue weighted by Gasteiger charge is -2.21. The number of rotatable bonds is 3. The first kappa shape index (κ1) is 12.6. The van der Waals surface area contributed by atoms with Gasteiger partial charge in [-0.15, -0.1) is 0 Å². The SMILES string of the molecule is NC1NC=C(c2ccncc2)N=C1Cc1ccccc1. The third-order valence-corrected chi connectivity index (χ3v) is 3.23. The molecule has 1 aliphatic heterocycles. The molecule has 4 heteroatoms. The molecule has 1 unspecified atom stereocenters. The molecule has 1 aromatic carbocycles. The third kappa shape index (κ3) is 2.75. The summed E-state index contributed by atoms with van der Waals surface area (Å²) in [6.07, 6.45) is 5.89. The molecule has 0 fully saturated rings. The van der Waals surface area contributed by atoms with Crippen LogP contribution in [0.25, 0.3) is 5.70 Å². The minimum atomic E-state index is -0.235. The van der Waals surface area contributed by atoms with E-state index in [0.29, 0.717) is 0 Å². The fraction of sp³-hybridized carbons (Fsp3) is 0.125. The highest BCUT2D eigenvalue weighted by molar-refractivity contribution is 5.96. The molecule has 20 heavy (non-hydrogen) atoms. The van der Waals surface area contributed by atoms with E-state index in [9.17, 15) is 0 Å². The van der Waals surface area contributed by atoms with Crippen molar-refractivity contribution in [1.29, 1.82) is 0 Å². The number of benzene rings is 1. The van der Waals surface area contributed by atoms with Crippen molar-refractivity contribution in [3.63, 3.8) is 0 Å². The van der Waals surface area contributed by atoms with Crippen molar-refractivity contribution in [3.05, 3.63) is 72.2 Å². The van der Waals surface area contributed by atoms with E-state index in [1.807, 2.05) is 36.5 Å². The van der Waals surface area contributed by atoms with E-state index in [4.69, 9.17) is 10.7 Å². The summed E-state index contributed by atoms with van der Waals surface area (Å²) in [5.41, 5.74) is 10.1. The zero-order chi connectivity index (χ0) is 13.8. The number of aliphatic imine (C=N–C) groups is 1. The number of nitrogens with two attached hydrogens (primary N) is 1. The Balaban J connectivity index is 1.86. The minimum absolute atomic E-state index is 0.235. The van der Waals surface area contributed by atoms with E-state index in [0.717, 1.165) is 23.4 Å². The van der Waals surface area contributed by atoms with Crippen molar-refractivity contribution in [2.75, 3.05) is 0 Å². The van der Waals surface area contributed by atoms with Crippen LogP contribution in [0, 0.1) is 0 Å². The lowest BCUT2D eigenvalue weighted by molar-refractivity contribution is 0.750. The van der Waals surface area contributed by atoms with Gasteiger partial charge in [0, 0.05) is 30.6 Å². The number of pyridine rings is 1. The van der Waals surface area contributed by atoms with Gasteiger partial charge in [-0.3, -0.25) is 9.98 Å². The minimum Gasteiger partial charge on any atom is -0.369 e. The highest BCUT2D eigenvalue weighted by Gasteiger charge is 2.16. The van der Waals surface area contributed by atoms with Crippen LogP contribution in [0.5, 0.6) is 0 Å². The molecule has 0 aliphatic carbocycles. The Morgan fingerprint density at radius 2 is 1.80 bits per heavy atom. The summed E-state index contributed by atoms with van der Waals surface area (Å²) in [4.78, 5) is 8.71. The van der Waals surface area contributed by atoms with Gasteiger partial charge < -0.3 is 11.1 Å². The van der Waals surface area contributed by atoms with E-state index in [-0.39, 0.29) is 6.17 Å². The first-order valence-corrected chi connectivity index (χ1v) is 6.56. The van der Waals surface area contributed by atoms with E-state index in [2.05, 4.69) is 22.4 Å². The largest absolute Gasteiger partial charge is 0.369 e. The molecule has 4 nitrogen and oxygen atoms in total. The summed E-state index contributed by atoms with van der Waals surface area (Å²) < 4.78 is 0. The molecule has 100 valence electrons. The molecule has 0 saturated carbocycles. The van der Waals surface area contributed by atoms with Crippen LogP contribution in [-0.2, 0) is 6.42 Å². The Kier molecular flexibility index (Phi) is 3.56. The molecule has 1 aromatic heterocycles. The van der Waals surface area contributed by atoms with Gasteiger partial charge in [-0.25, -0.2) is 0 Å². The molecule has 0 amide bonds. The van der Waals surface area contributed by atoms with Crippen molar-refractivity contribution in [2.45, 2.75) is 12.6 Å². The predicted molar refractivity (Wildman–Crippen MR) is 80.9 cm³/mol. The van der Waals surface area contributed by atoms with E-state index >= 15 is 0 Å². The third-order valence-electron chi connectivity index (χ3n) is 3.23. The maximum Gasteiger partial charge on any atom is 0.114 e. The van der Waals surface area contributed by atoms with Gasteiger partial charge in [0.15, 0.2) is 0 Å². The zero-order valence-corrected chi connectivity index (χ0v) is 11.0. The standard InChI is InChI=1S/C16H16N4/c17-16-14(10-12-4-2-1-3-5-12)20-15(11-19-16)13-6-8-18-9-7-13/h1-9,11,16,19H,10,17H2. The Morgan fingerprint density at radius 1 is 1.05 bits per heavy atom. The summed E-state index contributed by atoms with van der Waals surface area (Å²) in [5.74, 6) is 0. The molecule has 0 bridgehead atoms. The van der Waals surface area contributed by atoms with Crippen molar-refractivity contribution >= 4 is 11.4 Å². The number of hydrogen-bond donors (Lipinski definition) is 2. The normalized spacial score (nSPS) is 17.9. The average Bonchev–Trinajstić information content (AvgIpc) is 2.51. The van der Waals surface area contributed by atoms with Gasteiger partial charge in [0.1, 0.15) is 6.17 Å². The molecule has 2 aromatic rings. The number of aromatic nitrogens is 1. The maximum absolute atomic E-state index is 6.07. The van der Waals surface area contributed by atoms with Gasteiger partial charge in [-0.05, 0) is 17.7 Å². The lowest BCUT2D eigenvalue weighted by atomic mass is 10.1. The molecule has 3 rings (SSSR count). The maximum atomic E-state index is 6.07. The highest BCUT2D eigenvalue weighted by Crippen LogP contribution is 2.18. The lowest BCUT2D eigenvalue weighted by Crippen LogP contribution is -2.44. The summed E-state index contributed by atoms with van der Waals surface area (Å²) in [5, 5.41) is 3.17. The van der Waals surface area contributed by atoms with Gasteiger partial charge in [0.05, 0.1) is 11.4 Å². The van der Waals surface area contributed by atoms with Gasteiger partial charge in [0.25, 0.3) is 0 Å². The van der Waals surface area contributed by atoms with Crippen molar-refractivity contribution in [2.24, 2.45) is 10.7 Å². The van der Waals surface area contributed by atoms with Crippen LogP contribution >= 0.6 is 0 Å². The summed E-state index contributed by atoms with van der Waals surface area (Å²) in [7, 11) is 0. The fourth-order valence-electron chi connectivity index (χ4n) is 2.15. The van der Waals surface area contributed by atoms with Gasteiger partial charge >= 0.3 is 0 Å². The quantitative estimate of drug-likeness (QED) is 0.890. The van der Waals surface area contributed by atoms with Crippen molar-refractivity contribution in [3.8, 4) is 0 Å². The van der Waals surface area contributed by atoms with Crippen molar-refractivity contribution in [1.82, 2.24) is 10.3 Å². The van der Waals surface area contributed by atoms with Crippen LogP contribution in [0.1, 0.15) is 11.1 Å². The summed E-state index contributed by atoms with van der Waals surface area (Å²) >= 11 is 0. The molecule has 0 spiro atoms. The zero-order valence-electron chi connectivity index (χ0n) is 11.0. The molecule has 0 radical (unpaired) electrons. The predicted octanol–water partition coefficient (Wildman–Crippen LogP) is 1.95. The van der Waals surface area contributed by atoms with E-state index in [1.54, 1.807) is 12.4 Å². The van der Waals surface area contributed by atoms with Gasteiger partial charge in [-0.2, -0.15) is 0 Å². The summed E-state index contributed by atoms with van der Waals surface area (Å²) in [6.45, 7) is 0. The number of nitrogens with zero attached hydrogens (tertiary/aromatic N) is 2. The highest BCUT2D eigenvalue weighted by atomic mass is 15.1. The van der Waals surface area contributed by atoms with Gasteiger partial charge in [0.2, 0.25) is 0 Å². The molecular weight excluding hydrogens is 248 g/mol. The second-order valence-corrected chi connectivity index (χ2v) is 4.68. The van der Waals surface area contributed by atoms with Crippen LogP contribution in [-0.4, -0.2) is 16.9 Å². The van der Waals surface area contributed by atoms with Crippen LogP contribution in [0.3, 0.4) is 0 Å². The fourth-order valence-corrected chi connectivity index (χ4v) is 2.15. The Morgan fingerprint density at radius 3 is 2.55 bits per heavy atom. The van der Waals surface area contributed by atoms with E-state index < -0.39 is 0 Å². The number of nitrogens with one attached hydrogen (secondary N) is 1. The van der Waals surface area contributed by atoms with Crippen LogP contribution < -0.4 is 11.1 Å². The second kappa shape index (κ2) is 5.67. The Hall–Kier alpha value is -2.46. The van der Waals surface area contributed by atoms with Crippen LogP contribution in [0.2, 0.25) is 0 Å². The van der Waals surface area contributed by atoms with Crippen LogP contribution in [0.15, 0.2) is 66.1 Å². The first-order valence-electron chi connectivity index (χ1n) is 6.56. The average molecular weight is 264 g/mol. The monoisotopic (exact) mass is 264 g/mol. The summed E-state index contributed by atoms with van der Waals surface area (Å²) in [6, 6.07) is 14.1.